The molecule has 1 aromatic heterocycles. The Kier molecular flexibility index (Phi) is 2.46. The molecule has 0 aliphatic rings. The number of hydrogen-bond acceptors (Lipinski definition) is 1. The highest BCUT2D eigenvalue weighted by molar-refractivity contribution is 7.97. The lowest BCUT2D eigenvalue weighted by Crippen LogP contribution is -1.79. The van der Waals surface area contributed by atoms with Crippen LogP contribution in [0.25, 0.3) is 0 Å². The van der Waals surface area contributed by atoms with Crippen molar-refractivity contribution < 1.29 is 0 Å². The van der Waals surface area contributed by atoms with Gasteiger partial charge in [-0.3, -0.25) is 3.97 Å². The van der Waals surface area contributed by atoms with Crippen LogP contribution in [0.4, 0.5) is 0 Å². The van der Waals surface area contributed by atoms with Gasteiger partial charge in [0, 0.05) is 18.1 Å². The molecule has 0 aliphatic carbocycles. The Balaban J connectivity index is 2.38. The van der Waals surface area contributed by atoms with Crippen LogP contribution in [0.15, 0.2) is 37.2 Å². The molecule has 0 bridgehead atoms. The first-order valence-corrected chi connectivity index (χ1v) is 3.75. The molecule has 0 amide bonds. The molecule has 1 heterocycles. The van der Waals surface area contributed by atoms with Crippen LogP contribution in [0.1, 0.15) is 0 Å². The molecule has 0 spiro atoms. The Morgan fingerprint density at radius 1 is 1.44 bits per heavy atom. The van der Waals surface area contributed by atoms with Crippen molar-refractivity contribution >= 4 is 11.9 Å². The van der Waals surface area contributed by atoms with E-state index in [1.165, 1.54) is 0 Å². The zero-order valence-electron chi connectivity index (χ0n) is 5.16. The molecule has 1 aromatic rings. The molecular formula is C7H9NS. The summed E-state index contributed by atoms with van der Waals surface area (Å²) < 4.78 is 2.06. The Morgan fingerprint density at radius 2 is 2.11 bits per heavy atom. The van der Waals surface area contributed by atoms with Gasteiger partial charge in [0.05, 0.1) is 0 Å². The van der Waals surface area contributed by atoms with Crippen LogP contribution >= 0.6 is 11.9 Å². The van der Waals surface area contributed by atoms with Crippen LogP contribution in [-0.2, 0) is 0 Å². The van der Waals surface area contributed by atoms with Crippen molar-refractivity contribution in [2.45, 2.75) is 0 Å². The van der Waals surface area contributed by atoms with Gasteiger partial charge in [-0.05, 0) is 24.1 Å². The molecule has 1 rings (SSSR count). The molecule has 0 N–H and O–H groups in total. The van der Waals surface area contributed by atoms with Gasteiger partial charge in [-0.1, -0.05) is 6.08 Å². The predicted molar refractivity (Wildman–Crippen MR) is 42.5 cm³/mol. The molecule has 1 nitrogen and oxygen atoms in total. The maximum Gasteiger partial charge on any atom is 0.0315 e. The minimum atomic E-state index is 0.967. The van der Waals surface area contributed by atoms with Gasteiger partial charge in [0.2, 0.25) is 0 Å². The van der Waals surface area contributed by atoms with Crippen LogP contribution in [-0.4, -0.2) is 9.73 Å². The lowest BCUT2D eigenvalue weighted by molar-refractivity contribution is 1.29. The largest absolute Gasteiger partial charge is 0.299 e. The van der Waals surface area contributed by atoms with Gasteiger partial charge in [0.25, 0.3) is 0 Å². The van der Waals surface area contributed by atoms with Crippen LogP contribution in [0.3, 0.4) is 0 Å². The SMILES string of the molecule is C=CCSn1cccc1. The van der Waals surface area contributed by atoms with Gasteiger partial charge >= 0.3 is 0 Å². The molecule has 0 saturated heterocycles. The van der Waals surface area contributed by atoms with E-state index >= 15 is 0 Å². The quantitative estimate of drug-likeness (QED) is 0.581. The Labute approximate surface area is 59.5 Å². The van der Waals surface area contributed by atoms with E-state index in [0.717, 1.165) is 5.75 Å². The Morgan fingerprint density at radius 3 is 2.67 bits per heavy atom. The van der Waals surface area contributed by atoms with Crippen molar-refractivity contribution in [1.29, 1.82) is 0 Å². The number of hydrogen-bond donors (Lipinski definition) is 0. The molecule has 0 saturated carbocycles. The molecule has 0 atom stereocenters. The second kappa shape index (κ2) is 3.41. The van der Waals surface area contributed by atoms with E-state index in [9.17, 15) is 0 Å². The van der Waals surface area contributed by atoms with Crippen LogP contribution in [0.5, 0.6) is 0 Å². The smallest absolute Gasteiger partial charge is 0.0315 e. The lowest BCUT2D eigenvalue weighted by Gasteiger charge is -1.94. The first kappa shape index (κ1) is 6.49. The summed E-state index contributed by atoms with van der Waals surface area (Å²) >= 11 is 1.73. The highest BCUT2D eigenvalue weighted by Gasteiger charge is 1.83. The summed E-state index contributed by atoms with van der Waals surface area (Å²) in [6, 6.07) is 4.02. The topological polar surface area (TPSA) is 4.93 Å². The second-order valence-electron chi connectivity index (χ2n) is 1.63. The van der Waals surface area contributed by atoms with Crippen molar-refractivity contribution in [3.05, 3.63) is 37.2 Å². The summed E-state index contributed by atoms with van der Waals surface area (Å²) in [6.45, 7) is 3.63. The zero-order chi connectivity index (χ0) is 6.53. The molecule has 0 radical (unpaired) electrons. The maximum absolute atomic E-state index is 3.63. The fraction of sp³-hybridized carbons (Fsp3) is 0.143. The maximum atomic E-state index is 3.63. The van der Waals surface area contributed by atoms with Gasteiger partial charge in [0.1, 0.15) is 0 Å². The minimum Gasteiger partial charge on any atom is -0.299 e. The zero-order valence-corrected chi connectivity index (χ0v) is 5.97. The third kappa shape index (κ3) is 1.98. The summed E-state index contributed by atoms with van der Waals surface area (Å²) in [5.41, 5.74) is 0. The fourth-order valence-electron chi connectivity index (χ4n) is 0.544. The Hall–Kier alpha value is -0.630. The van der Waals surface area contributed by atoms with E-state index in [4.69, 9.17) is 0 Å². The van der Waals surface area contributed by atoms with E-state index in [1.54, 1.807) is 11.9 Å². The standard InChI is InChI=1S/C7H9NS/c1-2-7-9-8-5-3-4-6-8/h2-6H,1,7H2. The summed E-state index contributed by atoms with van der Waals surface area (Å²) in [6.07, 6.45) is 5.94. The number of rotatable bonds is 3. The summed E-state index contributed by atoms with van der Waals surface area (Å²) in [4.78, 5) is 0. The highest BCUT2D eigenvalue weighted by atomic mass is 32.2. The van der Waals surface area contributed by atoms with Gasteiger partial charge in [-0.15, -0.1) is 6.58 Å². The van der Waals surface area contributed by atoms with Crippen molar-refractivity contribution in [2.24, 2.45) is 0 Å². The third-order valence-electron chi connectivity index (χ3n) is 0.919. The van der Waals surface area contributed by atoms with Crippen molar-refractivity contribution in [3.8, 4) is 0 Å². The van der Waals surface area contributed by atoms with E-state index in [2.05, 4.69) is 10.6 Å². The molecule has 48 valence electrons. The Bertz CT molecular complexity index is 167. The van der Waals surface area contributed by atoms with Crippen molar-refractivity contribution in [3.63, 3.8) is 0 Å². The second-order valence-corrected chi connectivity index (χ2v) is 2.64. The normalized spacial score (nSPS) is 9.33. The summed E-state index contributed by atoms with van der Waals surface area (Å²) in [5, 5.41) is 0. The molecule has 0 aromatic carbocycles. The van der Waals surface area contributed by atoms with E-state index in [-0.39, 0.29) is 0 Å². The summed E-state index contributed by atoms with van der Waals surface area (Å²) in [7, 11) is 0. The van der Waals surface area contributed by atoms with E-state index in [1.807, 2.05) is 30.6 Å². The molecule has 0 unspecified atom stereocenters. The van der Waals surface area contributed by atoms with Crippen LogP contribution < -0.4 is 0 Å². The first-order valence-electron chi connectivity index (χ1n) is 2.80. The van der Waals surface area contributed by atoms with E-state index in [0.29, 0.717) is 0 Å². The number of aromatic nitrogens is 1. The molecule has 0 aliphatic heterocycles. The molecule has 2 heteroatoms. The van der Waals surface area contributed by atoms with Crippen LogP contribution in [0, 0.1) is 0 Å². The van der Waals surface area contributed by atoms with Gasteiger partial charge in [0.15, 0.2) is 0 Å². The highest BCUT2D eigenvalue weighted by Crippen LogP contribution is 2.04. The lowest BCUT2D eigenvalue weighted by atomic mass is 10.7. The average molecular weight is 139 g/mol. The minimum absolute atomic E-state index is 0.967. The summed E-state index contributed by atoms with van der Waals surface area (Å²) in [5.74, 6) is 0.967. The van der Waals surface area contributed by atoms with Gasteiger partial charge < -0.3 is 0 Å². The fourth-order valence-corrected chi connectivity index (χ4v) is 1.13. The first-order chi connectivity index (χ1) is 4.43. The molecule has 9 heavy (non-hydrogen) atoms. The predicted octanol–water partition coefficient (Wildman–Crippen LogP) is 2.17. The molecular weight excluding hydrogens is 130 g/mol. The third-order valence-corrected chi connectivity index (χ3v) is 1.84. The van der Waals surface area contributed by atoms with Crippen LogP contribution in [0.2, 0.25) is 0 Å². The van der Waals surface area contributed by atoms with Gasteiger partial charge in [-0.2, -0.15) is 0 Å². The molecule has 0 fully saturated rings. The van der Waals surface area contributed by atoms with Crippen molar-refractivity contribution in [2.75, 3.05) is 5.75 Å². The number of nitrogens with zero attached hydrogens (tertiary/aromatic N) is 1. The van der Waals surface area contributed by atoms with Gasteiger partial charge in [-0.25, -0.2) is 0 Å². The van der Waals surface area contributed by atoms with E-state index < -0.39 is 0 Å². The monoisotopic (exact) mass is 139 g/mol. The average Bonchev–Trinajstić information content (AvgIpc) is 2.34. The van der Waals surface area contributed by atoms with Crippen molar-refractivity contribution in [1.82, 2.24) is 3.97 Å².